The Kier molecular flexibility index (Phi) is 8.28. The quantitative estimate of drug-likeness (QED) is 0.419. The van der Waals surface area contributed by atoms with E-state index in [1.165, 1.54) is 5.69 Å². The summed E-state index contributed by atoms with van der Waals surface area (Å²) >= 11 is 6.50. The number of carbonyl (C=O) groups excluding carboxylic acids is 1. The van der Waals surface area contributed by atoms with Gasteiger partial charge >= 0.3 is 0 Å². The fourth-order valence-corrected chi connectivity index (χ4v) is 4.79. The molecule has 1 aliphatic heterocycles. The van der Waals surface area contributed by atoms with Gasteiger partial charge in [0.05, 0.1) is 17.7 Å². The number of methoxy groups -OCH3 is 1. The van der Waals surface area contributed by atoms with Crippen molar-refractivity contribution in [3.05, 3.63) is 70.5 Å². The van der Waals surface area contributed by atoms with Gasteiger partial charge in [-0.25, -0.2) is 9.97 Å². The van der Waals surface area contributed by atoms with Crippen LogP contribution in [0.5, 0.6) is 5.75 Å². The average Bonchev–Trinajstić information content (AvgIpc) is 2.88. The van der Waals surface area contributed by atoms with E-state index in [4.69, 9.17) is 16.3 Å². The average molecular weight is 509 g/mol. The number of rotatable bonds is 8. The number of aromatic nitrogens is 2. The second kappa shape index (κ2) is 11.6. The maximum Gasteiger partial charge on any atom is 0.252 e. The number of hydrogen-bond donors (Lipinski definition) is 3. The molecule has 0 radical (unpaired) electrons. The SMILES string of the molecule is CNC(=O)c1cc(OC)cc(CCc2cnc(Nc3ccc(N4C[C@@H](C)N[C@@H](C)C4)cc3)nc2)c1Cl. The smallest absolute Gasteiger partial charge is 0.252 e. The van der Waals surface area contributed by atoms with Crippen LogP contribution in [0.1, 0.15) is 35.3 Å². The topological polar surface area (TPSA) is 91.4 Å². The standard InChI is InChI=1S/C27H33ClN6O2/c1-17-15-34(16-18(2)32-17)22-9-7-21(8-10-22)33-27-30-13-19(14-31-27)5-6-20-11-23(36-4)12-24(25(20)28)26(35)29-3/h7-14,17-18,32H,5-6,15-16H2,1-4H3,(H,29,35)(H,30,31,33)/t17-,18+. The van der Waals surface area contributed by atoms with Crippen LogP contribution in [0.15, 0.2) is 48.8 Å². The van der Waals surface area contributed by atoms with Crippen molar-refractivity contribution in [1.82, 2.24) is 20.6 Å². The number of halogens is 1. The Morgan fingerprint density at radius 3 is 2.39 bits per heavy atom. The zero-order valence-electron chi connectivity index (χ0n) is 21.1. The van der Waals surface area contributed by atoms with E-state index in [1.54, 1.807) is 32.6 Å². The van der Waals surface area contributed by atoms with Crippen molar-refractivity contribution in [2.75, 3.05) is 37.5 Å². The predicted octanol–water partition coefficient (Wildman–Crippen LogP) is 4.21. The molecule has 3 aromatic rings. The zero-order chi connectivity index (χ0) is 25.7. The first-order valence-electron chi connectivity index (χ1n) is 12.1. The first-order chi connectivity index (χ1) is 17.4. The molecule has 0 bridgehead atoms. The highest BCUT2D eigenvalue weighted by atomic mass is 35.5. The number of carbonyl (C=O) groups is 1. The molecular formula is C27H33ClN6O2. The van der Waals surface area contributed by atoms with Gasteiger partial charge in [0.1, 0.15) is 5.75 Å². The lowest BCUT2D eigenvalue weighted by Gasteiger charge is -2.37. The molecule has 0 aliphatic carbocycles. The maximum absolute atomic E-state index is 12.2. The monoisotopic (exact) mass is 508 g/mol. The molecule has 0 unspecified atom stereocenters. The van der Waals surface area contributed by atoms with Crippen LogP contribution in [0.4, 0.5) is 17.3 Å². The molecule has 36 heavy (non-hydrogen) atoms. The Labute approximate surface area is 217 Å². The van der Waals surface area contributed by atoms with E-state index >= 15 is 0 Å². The van der Waals surface area contributed by atoms with Crippen LogP contribution < -0.4 is 25.6 Å². The second-order valence-electron chi connectivity index (χ2n) is 9.19. The molecule has 0 saturated carbocycles. The largest absolute Gasteiger partial charge is 0.497 e. The van der Waals surface area contributed by atoms with E-state index in [0.717, 1.165) is 29.9 Å². The molecule has 2 heterocycles. The van der Waals surface area contributed by atoms with Crippen molar-refractivity contribution in [3.63, 3.8) is 0 Å². The van der Waals surface area contributed by atoms with E-state index in [9.17, 15) is 4.79 Å². The van der Waals surface area contributed by atoms with Crippen LogP contribution in [0, 0.1) is 0 Å². The minimum Gasteiger partial charge on any atom is -0.497 e. The summed E-state index contributed by atoms with van der Waals surface area (Å²) < 4.78 is 5.34. The van der Waals surface area contributed by atoms with Crippen LogP contribution >= 0.6 is 11.6 Å². The predicted molar refractivity (Wildman–Crippen MR) is 145 cm³/mol. The van der Waals surface area contributed by atoms with Gasteiger partial charge in [-0.05, 0) is 74.2 Å². The van der Waals surface area contributed by atoms with Gasteiger partial charge in [-0.15, -0.1) is 0 Å². The maximum atomic E-state index is 12.2. The molecule has 1 aromatic heterocycles. The summed E-state index contributed by atoms with van der Waals surface area (Å²) in [7, 11) is 3.15. The molecule has 2 atom stereocenters. The third-order valence-corrected chi connectivity index (χ3v) is 6.71. The van der Waals surface area contributed by atoms with Crippen LogP contribution in [-0.4, -0.2) is 55.2 Å². The third-order valence-electron chi connectivity index (χ3n) is 6.26. The lowest BCUT2D eigenvalue weighted by molar-refractivity contribution is 0.0963. The van der Waals surface area contributed by atoms with Crippen LogP contribution in [0.3, 0.4) is 0 Å². The van der Waals surface area contributed by atoms with E-state index in [0.29, 0.717) is 47.2 Å². The summed E-state index contributed by atoms with van der Waals surface area (Å²) in [5.74, 6) is 0.886. The van der Waals surface area contributed by atoms with E-state index in [1.807, 2.05) is 6.07 Å². The molecule has 3 N–H and O–H groups in total. The number of amides is 1. The molecule has 8 nitrogen and oxygen atoms in total. The van der Waals surface area contributed by atoms with Gasteiger partial charge < -0.3 is 25.6 Å². The molecule has 4 rings (SSSR count). The summed E-state index contributed by atoms with van der Waals surface area (Å²) in [6.07, 6.45) is 4.92. The van der Waals surface area contributed by atoms with Crippen LogP contribution in [0.25, 0.3) is 0 Å². The van der Waals surface area contributed by atoms with Crippen molar-refractivity contribution in [1.29, 1.82) is 0 Å². The normalized spacial score (nSPS) is 17.5. The van der Waals surface area contributed by atoms with Gasteiger partial charge in [0.25, 0.3) is 5.91 Å². The van der Waals surface area contributed by atoms with Gasteiger partial charge in [-0.2, -0.15) is 0 Å². The van der Waals surface area contributed by atoms with Gasteiger partial charge in [0.15, 0.2) is 0 Å². The summed E-state index contributed by atoms with van der Waals surface area (Å²) in [6, 6.07) is 12.8. The number of nitrogens with zero attached hydrogens (tertiary/aromatic N) is 3. The van der Waals surface area contributed by atoms with Crippen molar-refractivity contribution < 1.29 is 9.53 Å². The third kappa shape index (κ3) is 6.25. The molecule has 190 valence electrons. The van der Waals surface area contributed by atoms with Gasteiger partial charge in [0, 0.05) is 56.0 Å². The van der Waals surface area contributed by atoms with Crippen molar-refractivity contribution in [2.45, 2.75) is 38.8 Å². The Morgan fingerprint density at radius 2 is 1.78 bits per heavy atom. The first-order valence-corrected chi connectivity index (χ1v) is 12.5. The number of piperazine rings is 1. The molecule has 9 heteroatoms. The molecule has 1 amide bonds. The first kappa shape index (κ1) is 25.7. The Morgan fingerprint density at radius 1 is 1.11 bits per heavy atom. The van der Waals surface area contributed by atoms with Gasteiger partial charge in [-0.1, -0.05) is 11.6 Å². The molecule has 1 fully saturated rings. The van der Waals surface area contributed by atoms with Crippen molar-refractivity contribution in [2.24, 2.45) is 0 Å². The number of anilines is 3. The Hall–Kier alpha value is -3.36. The highest BCUT2D eigenvalue weighted by Gasteiger charge is 2.21. The Balaban J connectivity index is 1.37. The van der Waals surface area contributed by atoms with E-state index in [-0.39, 0.29) is 5.91 Å². The molecule has 2 aromatic carbocycles. The summed E-state index contributed by atoms with van der Waals surface area (Å²) in [6.45, 7) is 6.42. The molecular weight excluding hydrogens is 476 g/mol. The van der Waals surface area contributed by atoms with Crippen LogP contribution in [0.2, 0.25) is 5.02 Å². The Bertz CT molecular complexity index is 1180. The second-order valence-corrected chi connectivity index (χ2v) is 9.57. The lowest BCUT2D eigenvalue weighted by atomic mass is 10.0. The minimum absolute atomic E-state index is 0.246. The number of aryl methyl sites for hydroxylation is 2. The molecule has 1 saturated heterocycles. The van der Waals surface area contributed by atoms with Crippen molar-refractivity contribution in [3.8, 4) is 5.75 Å². The minimum atomic E-state index is -0.246. The molecule has 1 aliphatic rings. The number of benzene rings is 2. The van der Waals surface area contributed by atoms with Gasteiger partial charge in [0.2, 0.25) is 5.95 Å². The highest BCUT2D eigenvalue weighted by molar-refractivity contribution is 6.34. The number of ether oxygens (including phenoxy) is 1. The zero-order valence-corrected chi connectivity index (χ0v) is 21.9. The highest BCUT2D eigenvalue weighted by Crippen LogP contribution is 2.28. The van der Waals surface area contributed by atoms with Crippen LogP contribution in [-0.2, 0) is 12.8 Å². The lowest BCUT2D eigenvalue weighted by Crippen LogP contribution is -2.54. The fourth-order valence-electron chi connectivity index (χ4n) is 4.50. The number of hydrogen-bond acceptors (Lipinski definition) is 7. The summed E-state index contributed by atoms with van der Waals surface area (Å²) in [5, 5.41) is 9.88. The van der Waals surface area contributed by atoms with Crippen molar-refractivity contribution >= 4 is 34.8 Å². The number of nitrogens with one attached hydrogen (secondary N) is 3. The fraction of sp³-hybridized carbons (Fsp3) is 0.370. The van der Waals surface area contributed by atoms with Gasteiger partial charge in [-0.3, -0.25) is 4.79 Å². The summed E-state index contributed by atoms with van der Waals surface area (Å²) in [5.41, 5.74) is 4.36. The van der Waals surface area contributed by atoms with E-state index < -0.39 is 0 Å². The summed E-state index contributed by atoms with van der Waals surface area (Å²) in [4.78, 5) is 23.5. The van der Waals surface area contributed by atoms with E-state index in [2.05, 4.69) is 68.9 Å². The molecule has 0 spiro atoms.